The van der Waals surface area contributed by atoms with Crippen LogP contribution in [0.3, 0.4) is 0 Å². The van der Waals surface area contributed by atoms with Crippen LogP contribution in [-0.2, 0) is 4.74 Å². The molecule has 0 bridgehead atoms. The normalized spacial score (nSPS) is 11.4. The number of ether oxygens (including phenoxy) is 1. The Morgan fingerprint density at radius 2 is 2.00 bits per heavy atom. The van der Waals surface area contributed by atoms with E-state index in [0.29, 0.717) is 10.8 Å². The van der Waals surface area contributed by atoms with Gasteiger partial charge in [-0.2, -0.15) is 0 Å². The minimum atomic E-state index is -0.524. The summed E-state index contributed by atoms with van der Waals surface area (Å²) in [6.07, 6.45) is 1.23. The van der Waals surface area contributed by atoms with Crippen LogP contribution in [0.25, 0.3) is 10.8 Å². The maximum Gasteiger partial charge on any atom is 0.412 e. The quantitative estimate of drug-likeness (QED) is 0.785. The summed E-state index contributed by atoms with van der Waals surface area (Å²) in [4.78, 5) is 15.8. The van der Waals surface area contributed by atoms with Crippen molar-refractivity contribution in [2.24, 2.45) is 0 Å². The van der Waals surface area contributed by atoms with Crippen molar-refractivity contribution in [1.29, 1.82) is 0 Å². The molecular formula is C15H17ClN2O2. The number of amides is 1. The summed E-state index contributed by atoms with van der Waals surface area (Å²) in [6, 6.07) is 5.48. The Balaban J connectivity index is 2.29. The summed E-state index contributed by atoms with van der Waals surface area (Å²) in [5, 5.41) is 4.99. The Kier molecular flexibility index (Phi) is 3.86. The lowest BCUT2D eigenvalue weighted by molar-refractivity contribution is 0.0636. The van der Waals surface area contributed by atoms with Gasteiger partial charge in [-0.3, -0.25) is 5.32 Å². The molecule has 0 saturated carbocycles. The largest absolute Gasteiger partial charge is 0.444 e. The third kappa shape index (κ3) is 3.39. The Morgan fingerprint density at radius 1 is 1.30 bits per heavy atom. The number of aromatic nitrogens is 1. The van der Waals surface area contributed by atoms with E-state index in [1.54, 1.807) is 12.3 Å². The first-order chi connectivity index (χ1) is 9.26. The molecule has 2 rings (SSSR count). The first-order valence-electron chi connectivity index (χ1n) is 6.31. The molecule has 0 fully saturated rings. The number of carbonyl (C=O) groups is 1. The minimum Gasteiger partial charge on any atom is -0.444 e. The van der Waals surface area contributed by atoms with Crippen LogP contribution in [0.4, 0.5) is 10.5 Å². The van der Waals surface area contributed by atoms with Crippen LogP contribution >= 0.6 is 11.6 Å². The lowest BCUT2D eigenvalue weighted by Gasteiger charge is -2.19. The molecule has 1 N–H and O–H groups in total. The number of rotatable bonds is 1. The number of benzene rings is 1. The Labute approximate surface area is 123 Å². The predicted octanol–water partition coefficient (Wildman–Crippen LogP) is 4.54. The van der Waals surface area contributed by atoms with Gasteiger partial charge in [-0.15, -0.1) is 0 Å². The number of pyridine rings is 1. The highest BCUT2D eigenvalue weighted by Gasteiger charge is 2.16. The first kappa shape index (κ1) is 14.6. The summed E-state index contributed by atoms with van der Waals surface area (Å²) in [5.74, 6) is 0. The fourth-order valence-electron chi connectivity index (χ4n) is 1.84. The number of nitrogens with zero attached hydrogens (tertiary/aromatic N) is 1. The average molecular weight is 293 g/mol. The van der Waals surface area contributed by atoms with Crippen LogP contribution in [0, 0.1) is 6.92 Å². The molecule has 0 radical (unpaired) electrons. The van der Waals surface area contributed by atoms with Gasteiger partial charge in [0.1, 0.15) is 10.8 Å². The predicted molar refractivity (Wildman–Crippen MR) is 81.3 cm³/mol. The minimum absolute atomic E-state index is 0.453. The summed E-state index contributed by atoms with van der Waals surface area (Å²) in [6.45, 7) is 7.41. The van der Waals surface area contributed by atoms with Gasteiger partial charge < -0.3 is 4.74 Å². The SMILES string of the molecule is Cc1cnc(Cl)c2ccc(NC(=O)OC(C)(C)C)cc12. The molecule has 0 unspecified atom stereocenters. The second kappa shape index (κ2) is 5.29. The van der Waals surface area contributed by atoms with E-state index in [9.17, 15) is 4.79 Å². The van der Waals surface area contributed by atoms with E-state index in [4.69, 9.17) is 16.3 Å². The number of hydrogen-bond donors (Lipinski definition) is 1. The van der Waals surface area contributed by atoms with Gasteiger partial charge in [-0.25, -0.2) is 9.78 Å². The number of halogens is 1. The van der Waals surface area contributed by atoms with Gasteiger partial charge in [-0.05, 0) is 56.8 Å². The fraction of sp³-hybridized carbons (Fsp3) is 0.333. The lowest BCUT2D eigenvalue weighted by Crippen LogP contribution is -2.27. The molecule has 1 heterocycles. The summed E-state index contributed by atoms with van der Waals surface area (Å²) >= 11 is 6.05. The smallest absolute Gasteiger partial charge is 0.412 e. The molecule has 1 aromatic carbocycles. The molecule has 20 heavy (non-hydrogen) atoms. The second-order valence-corrected chi connectivity index (χ2v) is 5.98. The van der Waals surface area contributed by atoms with E-state index in [2.05, 4.69) is 10.3 Å². The number of fused-ring (bicyclic) bond motifs is 1. The van der Waals surface area contributed by atoms with Crippen LogP contribution < -0.4 is 5.32 Å². The summed E-state index contributed by atoms with van der Waals surface area (Å²) < 4.78 is 5.22. The Hall–Kier alpha value is -1.81. The van der Waals surface area contributed by atoms with E-state index >= 15 is 0 Å². The van der Waals surface area contributed by atoms with Gasteiger partial charge in [0.2, 0.25) is 0 Å². The molecule has 0 aliphatic heterocycles. The maximum absolute atomic E-state index is 11.7. The number of nitrogens with one attached hydrogen (secondary N) is 1. The molecule has 0 aliphatic rings. The van der Waals surface area contributed by atoms with Gasteiger partial charge >= 0.3 is 6.09 Å². The Morgan fingerprint density at radius 3 is 2.65 bits per heavy atom. The molecule has 1 aromatic heterocycles. The van der Waals surface area contributed by atoms with Crippen LogP contribution in [0.15, 0.2) is 24.4 Å². The van der Waals surface area contributed by atoms with E-state index in [1.807, 2.05) is 39.8 Å². The number of anilines is 1. The van der Waals surface area contributed by atoms with Crippen LogP contribution in [0.1, 0.15) is 26.3 Å². The second-order valence-electron chi connectivity index (χ2n) is 5.62. The van der Waals surface area contributed by atoms with Crippen LogP contribution in [0.5, 0.6) is 0 Å². The van der Waals surface area contributed by atoms with E-state index in [0.717, 1.165) is 16.3 Å². The molecular weight excluding hydrogens is 276 g/mol. The summed E-state index contributed by atoms with van der Waals surface area (Å²) in [7, 11) is 0. The van der Waals surface area contributed by atoms with E-state index in [-0.39, 0.29) is 0 Å². The van der Waals surface area contributed by atoms with Gasteiger partial charge in [0.05, 0.1) is 0 Å². The zero-order valence-electron chi connectivity index (χ0n) is 12.0. The monoisotopic (exact) mass is 292 g/mol. The standard InChI is InChI=1S/C15H17ClN2O2/c1-9-8-17-13(16)11-6-5-10(7-12(9)11)18-14(19)20-15(2,3)4/h5-8H,1-4H3,(H,18,19). The number of aryl methyl sites for hydroxylation is 1. The molecule has 0 atom stereocenters. The third-order valence-corrected chi connectivity index (χ3v) is 2.98. The first-order valence-corrected chi connectivity index (χ1v) is 6.69. The van der Waals surface area contributed by atoms with Crippen molar-refractivity contribution in [2.75, 3.05) is 5.32 Å². The zero-order valence-corrected chi connectivity index (χ0v) is 12.7. The molecule has 4 nitrogen and oxygen atoms in total. The van der Waals surface area contributed by atoms with Crippen molar-refractivity contribution >= 4 is 34.2 Å². The van der Waals surface area contributed by atoms with Crippen molar-refractivity contribution in [3.05, 3.63) is 35.1 Å². The highest BCUT2D eigenvalue weighted by atomic mass is 35.5. The number of hydrogen-bond acceptors (Lipinski definition) is 3. The van der Waals surface area contributed by atoms with E-state index in [1.165, 1.54) is 0 Å². The van der Waals surface area contributed by atoms with E-state index < -0.39 is 11.7 Å². The zero-order chi connectivity index (χ0) is 14.9. The van der Waals surface area contributed by atoms with Gasteiger partial charge in [-0.1, -0.05) is 11.6 Å². The third-order valence-electron chi connectivity index (χ3n) is 2.68. The molecule has 106 valence electrons. The number of carbonyl (C=O) groups excluding carboxylic acids is 1. The maximum atomic E-state index is 11.7. The molecule has 5 heteroatoms. The van der Waals surface area contributed by atoms with Crippen molar-refractivity contribution < 1.29 is 9.53 Å². The molecule has 0 aliphatic carbocycles. The lowest BCUT2D eigenvalue weighted by atomic mass is 10.1. The van der Waals surface area contributed by atoms with Gasteiger partial charge in [0.15, 0.2) is 0 Å². The van der Waals surface area contributed by atoms with Crippen molar-refractivity contribution in [2.45, 2.75) is 33.3 Å². The topological polar surface area (TPSA) is 51.2 Å². The molecule has 0 spiro atoms. The van der Waals surface area contributed by atoms with Crippen molar-refractivity contribution in [1.82, 2.24) is 4.98 Å². The molecule has 0 saturated heterocycles. The average Bonchev–Trinajstić information content (AvgIpc) is 2.31. The van der Waals surface area contributed by atoms with Crippen LogP contribution in [0.2, 0.25) is 5.15 Å². The van der Waals surface area contributed by atoms with Crippen molar-refractivity contribution in [3.8, 4) is 0 Å². The fourth-order valence-corrected chi connectivity index (χ4v) is 2.06. The highest BCUT2D eigenvalue weighted by Crippen LogP contribution is 2.27. The molecule has 2 aromatic rings. The summed E-state index contributed by atoms with van der Waals surface area (Å²) in [5.41, 5.74) is 1.14. The van der Waals surface area contributed by atoms with Gasteiger partial charge in [0.25, 0.3) is 0 Å². The van der Waals surface area contributed by atoms with Crippen molar-refractivity contribution in [3.63, 3.8) is 0 Å². The molecule has 1 amide bonds. The van der Waals surface area contributed by atoms with Crippen LogP contribution in [-0.4, -0.2) is 16.7 Å². The highest BCUT2D eigenvalue weighted by molar-refractivity contribution is 6.34. The van der Waals surface area contributed by atoms with Gasteiger partial charge in [0, 0.05) is 17.3 Å². The Bertz CT molecular complexity index is 663.